The Morgan fingerprint density at radius 3 is 2.53 bits per heavy atom. The maximum absolute atomic E-state index is 13.6. The standard InChI is InChI=1S/C25H27FN6O2/c1-2-28-25-23(24(30-31(25)14-5-15-33)17-8-10-19(26)11-9-17)20-12-13-22(34)32(29-20)21-7-4-3-6-18(21)16-27/h3-4,6-13,28,33H,2,5,14-16,27H2,1H3. The van der Waals surface area contributed by atoms with Crippen molar-refractivity contribution in [2.75, 3.05) is 18.5 Å². The molecule has 9 heteroatoms. The van der Waals surface area contributed by atoms with Gasteiger partial charge in [-0.1, -0.05) is 18.2 Å². The smallest absolute Gasteiger partial charge is 0.271 e. The Hall–Kier alpha value is -3.82. The van der Waals surface area contributed by atoms with Gasteiger partial charge in [-0.3, -0.25) is 4.79 Å². The molecule has 0 saturated heterocycles. The molecule has 8 nitrogen and oxygen atoms in total. The van der Waals surface area contributed by atoms with Crippen LogP contribution < -0.4 is 16.6 Å². The van der Waals surface area contributed by atoms with Crippen LogP contribution in [0.3, 0.4) is 0 Å². The van der Waals surface area contributed by atoms with Crippen molar-refractivity contribution in [3.8, 4) is 28.2 Å². The van der Waals surface area contributed by atoms with Crippen LogP contribution in [0.4, 0.5) is 10.2 Å². The lowest BCUT2D eigenvalue weighted by atomic mass is 10.0. The second-order valence-corrected chi connectivity index (χ2v) is 7.71. The maximum Gasteiger partial charge on any atom is 0.271 e. The van der Waals surface area contributed by atoms with Gasteiger partial charge >= 0.3 is 0 Å². The van der Waals surface area contributed by atoms with Crippen molar-refractivity contribution in [2.45, 2.75) is 26.4 Å². The second-order valence-electron chi connectivity index (χ2n) is 7.71. The normalized spacial score (nSPS) is 11.1. The van der Waals surface area contributed by atoms with E-state index in [0.29, 0.717) is 53.5 Å². The van der Waals surface area contributed by atoms with E-state index in [1.54, 1.807) is 28.9 Å². The number of nitrogens with one attached hydrogen (secondary N) is 1. The molecule has 0 aliphatic heterocycles. The minimum absolute atomic E-state index is 0.0195. The molecule has 4 aromatic rings. The van der Waals surface area contributed by atoms with Gasteiger partial charge in [0.25, 0.3) is 5.56 Å². The number of hydrogen-bond acceptors (Lipinski definition) is 6. The van der Waals surface area contributed by atoms with E-state index in [-0.39, 0.29) is 24.5 Å². The lowest BCUT2D eigenvalue weighted by Gasteiger charge is -2.13. The van der Waals surface area contributed by atoms with Gasteiger partial charge < -0.3 is 16.2 Å². The highest BCUT2D eigenvalue weighted by atomic mass is 19.1. The third-order valence-corrected chi connectivity index (χ3v) is 5.44. The molecule has 0 radical (unpaired) electrons. The molecule has 176 valence electrons. The van der Waals surface area contributed by atoms with Crippen LogP contribution in [-0.2, 0) is 13.1 Å². The molecule has 4 rings (SSSR count). The highest BCUT2D eigenvalue weighted by molar-refractivity contribution is 5.87. The fraction of sp³-hybridized carbons (Fsp3) is 0.240. The molecule has 0 aliphatic carbocycles. The molecule has 2 aromatic carbocycles. The predicted molar refractivity (Wildman–Crippen MR) is 130 cm³/mol. The van der Waals surface area contributed by atoms with Crippen LogP contribution in [0.1, 0.15) is 18.9 Å². The fourth-order valence-electron chi connectivity index (χ4n) is 3.85. The van der Waals surface area contributed by atoms with Crippen LogP contribution in [-0.4, -0.2) is 37.8 Å². The molecule has 0 atom stereocenters. The maximum atomic E-state index is 13.6. The Balaban J connectivity index is 1.96. The van der Waals surface area contributed by atoms with Crippen molar-refractivity contribution in [3.05, 3.63) is 82.4 Å². The Kier molecular flexibility index (Phi) is 7.15. The molecule has 34 heavy (non-hydrogen) atoms. The predicted octanol–water partition coefficient (Wildman–Crippen LogP) is 3.18. The zero-order chi connectivity index (χ0) is 24.1. The summed E-state index contributed by atoms with van der Waals surface area (Å²) in [6.45, 7) is 3.35. The first-order chi connectivity index (χ1) is 16.6. The summed E-state index contributed by atoms with van der Waals surface area (Å²) in [5, 5.41) is 22.2. The largest absolute Gasteiger partial charge is 0.396 e. The van der Waals surface area contributed by atoms with Gasteiger partial charge in [-0.05, 0) is 55.3 Å². The molecular formula is C25H27FN6O2. The van der Waals surface area contributed by atoms with Crippen molar-refractivity contribution in [3.63, 3.8) is 0 Å². The summed E-state index contributed by atoms with van der Waals surface area (Å²) in [5.74, 6) is 0.363. The number of aromatic nitrogens is 4. The number of nitrogens with zero attached hydrogens (tertiary/aromatic N) is 4. The summed E-state index contributed by atoms with van der Waals surface area (Å²) in [5.41, 5.74) is 9.52. The molecule has 0 amide bonds. The molecule has 0 unspecified atom stereocenters. The van der Waals surface area contributed by atoms with Crippen LogP contribution >= 0.6 is 0 Å². The molecule has 0 bridgehead atoms. The Morgan fingerprint density at radius 1 is 1.06 bits per heavy atom. The molecule has 0 fully saturated rings. The van der Waals surface area contributed by atoms with E-state index in [4.69, 9.17) is 15.9 Å². The van der Waals surface area contributed by atoms with Gasteiger partial charge in [0.15, 0.2) is 0 Å². The monoisotopic (exact) mass is 462 g/mol. The molecule has 0 aliphatic rings. The van der Waals surface area contributed by atoms with E-state index >= 15 is 0 Å². The van der Waals surface area contributed by atoms with Crippen LogP contribution in [0, 0.1) is 5.82 Å². The first-order valence-corrected chi connectivity index (χ1v) is 11.2. The van der Waals surface area contributed by atoms with Gasteiger partial charge in [0.1, 0.15) is 17.3 Å². The fourth-order valence-corrected chi connectivity index (χ4v) is 3.85. The van der Waals surface area contributed by atoms with Crippen molar-refractivity contribution < 1.29 is 9.50 Å². The van der Waals surface area contributed by atoms with Gasteiger partial charge in [-0.15, -0.1) is 0 Å². The number of hydrogen-bond donors (Lipinski definition) is 3. The first kappa shape index (κ1) is 23.3. The van der Waals surface area contributed by atoms with Gasteiger partial charge in [0, 0.05) is 37.9 Å². The molecule has 0 spiro atoms. The zero-order valence-electron chi connectivity index (χ0n) is 18.9. The lowest BCUT2D eigenvalue weighted by Crippen LogP contribution is -2.22. The summed E-state index contributed by atoms with van der Waals surface area (Å²) < 4.78 is 16.7. The van der Waals surface area contributed by atoms with E-state index in [1.165, 1.54) is 22.9 Å². The molecular weight excluding hydrogens is 435 g/mol. The van der Waals surface area contributed by atoms with Gasteiger partial charge in [0.2, 0.25) is 0 Å². The number of halogens is 1. The summed E-state index contributed by atoms with van der Waals surface area (Å²) in [6, 6.07) is 16.6. The number of benzene rings is 2. The SMILES string of the molecule is CCNc1c(-c2ccc(=O)n(-c3ccccc3CN)n2)c(-c2ccc(F)cc2)nn1CCCO. The van der Waals surface area contributed by atoms with Crippen molar-refractivity contribution >= 4 is 5.82 Å². The van der Waals surface area contributed by atoms with Gasteiger partial charge in [-0.25, -0.2) is 9.07 Å². The Morgan fingerprint density at radius 2 is 1.82 bits per heavy atom. The van der Waals surface area contributed by atoms with Gasteiger partial charge in [-0.2, -0.15) is 14.9 Å². The minimum atomic E-state index is -0.345. The zero-order valence-corrected chi connectivity index (χ0v) is 18.9. The van der Waals surface area contributed by atoms with Crippen molar-refractivity contribution in [1.82, 2.24) is 19.6 Å². The van der Waals surface area contributed by atoms with E-state index in [0.717, 1.165) is 5.56 Å². The number of aliphatic hydroxyl groups excluding tert-OH is 1. The Bertz CT molecular complexity index is 1330. The number of rotatable bonds is 9. The van der Waals surface area contributed by atoms with Crippen molar-refractivity contribution in [2.24, 2.45) is 5.73 Å². The van der Waals surface area contributed by atoms with E-state index in [1.807, 2.05) is 25.1 Å². The summed E-state index contributed by atoms with van der Waals surface area (Å²) >= 11 is 0. The summed E-state index contributed by atoms with van der Waals surface area (Å²) in [4.78, 5) is 12.8. The molecule has 4 N–H and O–H groups in total. The minimum Gasteiger partial charge on any atom is -0.396 e. The number of aliphatic hydroxyl groups is 1. The second kappa shape index (κ2) is 10.4. The van der Waals surface area contributed by atoms with Crippen LogP contribution in [0.25, 0.3) is 28.2 Å². The number of nitrogens with two attached hydrogens (primary N) is 1. The summed E-state index contributed by atoms with van der Waals surface area (Å²) in [7, 11) is 0. The third-order valence-electron chi connectivity index (χ3n) is 5.44. The van der Waals surface area contributed by atoms with Crippen LogP contribution in [0.5, 0.6) is 0 Å². The molecule has 2 aromatic heterocycles. The first-order valence-electron chi connectivity index (χ1n) is 11.2. The van der Waals surface area contributed by atoms with Crippen molar-refractivity contribution in [1.29, 1.82) is 0 Å². The molecule has 2 heterocycles. The number of para-hydroxylation sites is 1. The highest BCUT2D eigenvalue weighted by Crippen LogP contribution is 2.37. The van der Waals surface area contributed by atoms with Gasteiger partial charge in [0.05, 0.1) is 16.9 Å². The molecule has 0 saturated carbocycles. The van der Waals surface area contributed by atoms with Crippen LogP contribution in [0.2, 0.25) is 0 Å². The average molecular weight is 463 g/mol. The third kappa shape index (κ3) is 4.61. The van der Waals surface area contributed by atoms with Crippen LogP contribution in [0.15, 0.2) is 65.5 Å². The lowest BCUT2D eigenvalue weighted by molar-refractivity contribution is 0.277. The van der Waals surface area contributed by atoms with E-state index in [2.05, 4.69) is 5.32 Å². The number of aryl methyl sites for hydroxylation is 1. The quantitative estimate of drug-likeness (QED) is 0.352. The number of anilines is 1. The topological polar surface area (TPSA) is 111 Å². The van der Waals surface area contributed by atoms with E-state index in [9.17, 15) is 14.3 Å². The highest BCUT2D eigenvalue weighted by Gasteiger charge is 2.23. The Labute approximate surface area is 196 Å². The average Bonchev–Trinajstić information content (AvgIpc) is 3.21. The van der Waals surface area contributed by atoms with E-state index < -0.39 is 0 Å². The summed E-state index contributed by atoms with van der Waals surface area (Å²) in [6.07, 6.45) is 0.513.